The Kier molecular flexibility index (Phi) is 8.78. The minimum absolute atomic E-state index is 0. The van der Waals surface area contributed by atoms with Gasteiger partial charge in [-0.15, -0.1) is 0 Å². The summed E-state index contributed by atoms with van der Waals surface area (Å²) in [5.74, 6) is -1.44. The second kappa shape index (κ2) is 11.1. The first-order valence-corrected chi connectivity index (χ1v) is 11.9. The van der Waals surface area contributed by atoms with Gasteiger partial charge in [0.2, 0.25) is 0 Å². The number of hydrogen-bond donors (Lipinski definition) is 2. The van der Waals surface area contributed by atoms with Crippen LogP contribution in [0.3, 0.4) is 0 Å². The zero-order chi connectivity index (χ0) is 25.5. The molecule has 1 aromatic carbocycles. The summed E-state index contributed by atoms with van der Waals surface area (Å²) in [6, 6.07) is 6.29. The standard InChI is InChI=1S/C27H32FN3O4.Na/c1-15-23-24(16-7-9-18(28)10-8-16)21(12-11-19(32)13-20(33)14-22(34)35)25(17-5-6-17)29-26(23)31(30-15)27(2,3)4;/h7-12,17,19-20,32-33H,5-6,13-14H2,1-4H3,(H,34,35);/q;+1/p-1/b12-11+;/t19-,20-;/m1./s1. The molecule has 2 heterocycles. The minimum atomic E-state index is -1.37. The maximum absolute atomic E-state index is 13.8. The Labute approximate surface area is 232 Å². The molecular formula is C27H31FN3NaO4. The number of aliphatic hydroxyl groups excluding tert-OH is 2. The fraction of sp³-hybridized carbons (Fsp3) is 0.444. The summed E-state index contributed by atoms with van der Waals surface area (Å²) >= 11 is 0. The van der Waals surface area contributed by atoms with Gasteiger partial charge >= 0.3 is 29.6 Å². The van der Waals surface area contributed by atoms with Crippen LogP contribution in [0.5, 0.6) is 0 Å². The van der Waals surface area contributed by atoms with Gasteiger partial charge in [-0.05, 0) is 58.2 Å². The minimum Gasteiger partial charge on any atom is -0.550 e. The number of rotatable bonds is 8. The molecule has 0 radical (unpaired) electrons. The first-order valence-electron chi connectivity index (χ1n) is 11.9. The van der Waals surface area contributed by atoms with Crippen molar-refractivity contribution in [2.75, 3.05) is 0 Å². The number of aliphatic hydroxyl groups is 2. The first kappa shape index (κ1) is 28.5. The molecule has 0 bridgehead atoms. The van der Waals surface area contributed by atoms with Crippen LogP contribution < -0.4 is 34.7 Å². The fourth-order valence-electron chi connectivity index (χ4n) is 4.41. The topological polar surface area (TPSA) is 111 Å². The molecule has 0 spiro atoms. The van der Waals surface area contributed by atoms with Crippen molar-refractivity contribution in [1.29, 1.82) is 0 Å². The van der Waals surface area contributed by atoms with Crippen molar-refractivity contribution in [3.05, 3.63) is 53.1 Å². The summed E-state index contributed by atoms with van der Waals surface area (Å²) in [5, 5.41) is 36.8. The second-order valence-electron chi connectivity index (χ2n) is 10.3. The van der Waals surface area contributed by atoms with Gasteiger partial charge in [0.05, 0.1) is 34.5 Å². The van der Waals surface area contributed by atoms with Gasteiger partial charge in [-0.25, -0.2) is 14.1 Å². The van der Waals surface area contributed by atoms with Crippen LogP contribution in [0, 0.1) is 12.7 Å². The van der Waals surface area contributed by atoms with Crippen LogP contribution in [0.15, 0.2) is 30.3 Å². The van der Waals surface area contributed by atoms with E-state index in [-0.39, 0.29) is 53.3 Å². The molecule has 2 N–H and O–H groups in total. The molecule has 0 aliphatic heterocycles. The van der Waals surface area contributed by atoms with Crippen LogP contribution in [0.25, 0.3) is 28.2 Å². The molecule has 0 saturated heterocycles. The monoisotopic (exact) mass is 503 g/mol. The van der Waals surface area contributed by atoms with Gasteiger partial charge < -0.3 is 20.1 Å². The Hall–Kier alpha value is -2.10. The number of fused-ring (bicyclic) bond motifs is 1. The maximum Gasteiger partial charge on any atom is 1.00 e. The molecule has 9 heteroatoms. The van der Waals surface area contributed by atoms with Crippen molar-refractivity contribution < 1.29 is 54.1 Å². The molecule has 2 aromatic heterocycles. The Morgan fingerprint density at radius 2 is 1.89 bits per heavy atom. The molecule has 36 heavy (non-hydrogen) atoms. The SMILES string of the molecule is Cc1nn(C(C)(C)C)c2nc(C3CC3)c(/C=C/[C@@H](O)C[C@@H](O)CC(=O)[O-])c(-c3ccc(F)cc3)c12.[Na+]. The summed E-state index contributed by atoms with van der Waals surface area (Å²) in [5.41, 5.74) is 4.63. The molecule has 2 atom stereocenters. The third-order valence-corrected chi connectivity index (χ3v) is 6.19. The number of aromatic nitrogens is 3. The van der Waals surface area contributed by atoms with E-state index in [0.717, 1.165) is 52.0 Å². The molecule has 186 valence electrons. The molecule has 0 amide bonds. The summed E-state index contributed by atoms with van der Waals surface area (Å²) in [6.07, 6.45) is 2.37. The Balaban J connectivity index is 0.00000361. The van der Waals surface area contributed by atoms with Crippen LogP contribution >= 0.6 is 0 Å². The van der Waals surface area contributed by atoms with E-state index < -0.39 is 24.6 Å². The second-order valence-corrected chi connectivity index (χ2v) is 10.3. The number of carbonyl (C=O) groups excluding carboxylic acids is 1. The van der Waals surface area contributed by atoms with Crippen LogP contribution in [-0.2, 0) is 10.3 Å². The van der Waals surface area contributed by atoms with E-state index in [4.69, 9.17) is 10.1 Å². The van der Waals surface area contributed by atoms with Gasteiger partial charge in [0.15, 0.2) is 5.65 Å². The van der Waals surface area contributed by atoms with Crippen LogP contribution in [-0.4, -0.2) is 43.2 Å². The maximum atomic E-state index is 13.8. The normalized spacial score (nSPS) is 15.8. The molecule has 1 aliphatic carbocycles. The summed E-state index contributed by atoms with van der Waals surface area (Å²) in [4.78, 5) is 15.8. The van der Waals surface area contributed by atoms with E-state index in [0.29, 0.717) is 0 Å². The fourth-order valence-corrected chi connectivity index (χ4v) is 4.41. The first-order chi connectivity index (χ1) is 16.5. The largest absolute Gasteiger partial charge is 1.00 e. The van der Waals surface area contributed by atoms with Crippen LogP contribution in [0.4, 0.5) is 4.39 Å². The average Bonchev–Trinajstić information content (AvgIpc) is 3.54. The number of hydrogen-bond acceptors (Lipinski definition) is 6. The number of benzene rings is 1. The van der Waals surface area contributed by atoms with Crippen molar-refractivity contribution >= 4 is 23.1 Å². The van der Waals surface area contributed by atoms with Crippen LogP contribution in [0.2, 0.25) is 0 Å². The Morgan fingerprint density at radius 3 is 2.44 bits per heavy atom. The van der Waals surface area contributed by atoms with Gasteiger partial charge in [-0.2, -0.15) is 5.10 Å². The van der Waals surface area contributed by atoms with E-state index in [1.165, 1.54) is 12.1 Å². The number of halogens is 1. The number of aliphatic carboxylic acids is 1. The van der Waals surface area contributed by atoms with E-state index >= 15 is 0 Å². The molecule has 1 saturated carbocycles. The number of pyridine rings is 1. The van der Waals surface area contributed by atoms with Crippen molar-refractivity contribution in [3.63, 3.8) is 0 Å². The zero-order valence-electron chi connectivity index (χ0n) is 21.5. The van der Waals surface area contributed by atoms with Crippen LogP contribution in [0.1, 0.15) is 69.3 Å². The quantitative estimate of drug-likeness (QED) is 0.432. The number of nitrogens with zero attached hydrogens (tertiary/aromatic N) is 3. The van der Waals surface area contributed by atoms with E-state index in [1.807, 2.05) is 11.6 Å². The van der Waals surface area contributed by atoms with Gasteiger partial charge in [0.25, 0.3) is 0 Å². The summed E-state index contributed by atoms with van der Waals surface area (Å²) < 4.78 is 15.7. The molecule has 7 nitrogen and oxygen atoms in total. The van der Waals surface area contributed by atoms with Crippen molar-refractivity contribution in [2.45, 2.75) is 77.0 Å². The Morgan fingerprint density at radius 1 is 1.25 bits per heavy atom. The summed E-state index contributed by atoms with van der Waals surface area (Å²) in [7, 11) is 0. The van der Waals surface area contributed by atoms with E-state index in [2.05, 4.69) is 20.8 Å². The molecule has 1 fully saturated rings. The number of aryl methyl sites for hydroxylation is 1. The third-order valence-electron chi connectivity index (χ3n) is 6.19. The van der Waals surface area contributed by atoms with Gasteiger partial charge in [0, 0.05) is 35.9 Å². The molecule has 4 rings (SSSR count). The smallest absolute Gasteiger partial charge is 0.550 e. The van der Waals surface area contributed by atoms with Gasteiger partial charge in [-0.1, -0.05) is 24.3 Å². The molecule has 0 unspecified atom stereocenters. The predicted molar refractivity (Wildman–Crippen MR) is 130 cm³/mol. The van der Waals surface area contributed by atoms with E-state index in [1.54, 1.807) is 24.3 Å². The van der Waals surface area contributed by atoms with Crippen molar-refractivity contribution in [1.82, 2.24) is 14.8 Å². The van der Waals surface area contributed by atoms with Gasteiger partial charge in [0.1, 0.15) is 5.82 Å². The molecule has 3 aromatic rings. The molecular weight excluding hydrogens is 472 g/mol. The summed E-state index contributed by atoms with van der Waals surface area (Å²) in [6.45, 7) is 8.12. The third kappa shape index (κ3) is 6.23. The van der Waals surface area contributed by atoms with Crippen molar-refractivity contribution in [3.8, 4) is 11.1 Å². The number of carboxylic acid groups (broad SMARTS) is 1. The zero-order valence-corrected chi connectivity index (χ0v) is 23.5. The van der Waals surface area contributed by atoms with Crippen molar-refractivity contribution in [2.24, 2.45) is 0 Å². The van der Waals surface area contributed by atoms with E-state index in [9.17, 15) is 24.5 Å². The number of carbonyl (C=O) groups is 1. The Bertz CT molecular complexity index is 1280. The average molecular weight is 504 g/mol. The van der Waals surface area contributed by atoms with Gasteiger partial charge in [-0.3, -0.25) is 0 Å². The number of carboxylic acids is 1. The predicted octanol–water partition coefficient (Wildman–Crippen LogP) is 0.447. The molecule has 1 aliphatic rings.